The van der Waals surface area contributed by atoms with E-state index in [1.807, 2.05) is 6.92 Å². The number of aromatic nitrogens is 4. The third-order valence-corrected chi connectivity index (χ3v) is 3.48. The van der Waals surface area contributed by atoms with Gasteiger partial charge in [0.25, 0.3) is 11.7 Å². The molecule has 0 radical (unpaired) electrons. The molecule has 0 unspecified atom stereocenters. The predicted molar refractivity (Wildman–Crippen MR) is 65.2 cm³/mol. The number of rotatable bonds is 2. The molecule has 2 aromatic rings. The zero-order valence-corrected chi connectivity index (χ0v) is 10.3. The number of hydrogen-bond acceptors (Lipinski definition) is 4. The minimum atomic E-state index is -0.0655. The van der Waals surface area contributed by atoms with E-state index in [0.717, 1.165) is 18.5 Å². The highest BCUT2D eigenvalue weighted by Gasteiger charge is 2.20. The van der Waals surface area contributed by atoms with Crippen LogP contribution in [0.2, 0.25) is 0 Å². The molecule has 0 spiro atoms. The third-order valence-electron chi connectivity index (χ3n) is 3.48. The Hall–Kier alpha value is -1.98. The maximum Gasteiger partial charge on any atom is 0.254 e. The van der Waals surface area contributed by atoms with Crippen LogP contribution in [0.5, 0.6) is 0 Å². The summed E-state index contributed by atoms with van der Waals surface area (Å²) in [7, 11) is 0. The Bertz CT molecular complexity index is 585. The summed E-state index contributed by atoms with van der Waals surface area (Å²) >= 11 is 0. The van der Waals surface area contributed by atoms with E-state index in [0.29, 0.717) is 17.4 Å². The highest BCUT2D eigenvalue weighted by atomic mass is 16.1. The summed E-state index contributed by atoms with van der Waals surface area (Å²) in [6.07, 6.45) is 7.56. The molecule has 0 aromatic carbocycles. The summed E-state index contributed by atoms with van der Waals surface area (Å²) in [5.74, 6) is 0.453. The van der Waals surface area contributed by atoms with Crippen molar-refractivity contribution >= 4 is 11.7 Å². The molecule has 0 aliphatic heterocycles. The van der Waals surface area contributed by atoms with Crippen LogP contribution in [0.25, 0.3) is 5.78 Å². The molecule has 1 fully saturated rings. The average molecular weight is 245 g/mol. The first-order valence-corrected chi connectivity index (χ1v) is 6.22. The van der Waals surface area contributed by atoms with Gasteiger partial charge in [-0.25, -0.2) is 9.50 Å². The molecule has 2 heterocycles. The first-order valence-electron chi connectivity index (χ1n) is 6.22. The Labute approximate surface area is 104 Å². The van der Waals surface area contributed by atoms with Crippen molar-refractivity contribution in [1.29, 1.82) is 0 Å². The largest absolute Gasteiger partial charge is 0.349 e. The van der Waals surface area contributed by atoms with E-state index in [2.05, 4.69) is 20.4 Å². The quantitative estimate of drug-likeness (QED) is 0.860. The summed E-state index contributed by atoms with van der Waals surface area (Å²) in [4.78, 5) is 20.3. The molecule has 0 atom stereocenters. The predicted octanol–water partition coefficient (Wildman–Crippen LogP) is 1.11. The van der Waals surface area contributed by atoms with Crippen LogP contribution in [0, 0.1) is 6.92 Å². The summed E-state index contributed by atoms with van der Waals surface area (Å²) in [6, 6.07) is 0.309. The zero-order chi connectivity index (χ0) is 12.5. The van der Waals surface area contributed by atoms with Crippen LogP contribution in [-0.4, -0.2) is 31.5 Å². The van der Waals surface area contributed by atoms with Gasteiger partial charge in [0, 0.05) is 12.2 Å². The van der Waals surface area contributed by atoms with Gasteiger partial charge in [-0.2, -0.15) is 10.1 Å². The summed E-state index contributed by atoms with van der Waals surface area (Å²) in [5, 5.41) is 7.11. The number of carbonyl (C=O) groups excluding carboxylic acids is 1. The molecule has 94 valence electrons. The maximum absolute atomic E-state index is 12.2. The lowest BCUT2D eigenvalue weighted by Crippen LogP contribution is -2.33. The lowest BCUT2D eigenvalue weighted by Gasteiger charge is -2.13. The normalized spacial score (nSPS) is 16.3. The van der Waals surface area contributed by atoms with Crippen molar-refractivity contribution in [2.24, 2.45) is 0 Å². The van der Waals surface area contributed by atoms with Crippen LogP contribution >= 0.6 is 0 Å². The summed E-state index contributed by atoms with van der Waals surface area (Å²) in [6.45, 7) is 1.85. The van der Waals surface area contributed by atoms with Gasteiger partial charge in [-0.1, -0.05) is 12.8 Å². The van der Waals surface area contributed by atoms with E-state index >= 15 is 0 Å². The second-order valence-corrected chi connectivity index (χ2v) is 4.68. The van der Waals surface area contributed by atoms with Crippen molar-refractivity contribution in [1.82, 2.24) is 24.9 Å². The minimum Gasteiger partial charge on any atom is -0.349 e. The van der Waals surface area contributed by atoms with Gasteiger partial charge in [0.05, 0.1) is 11.3 Å². The standard InChI is InChI=1S/C12H15N5O/c1-8-10(6-13-12-14-7-15-17(8)12)11(18)16-9-4-2-3-5-9/h6-7,9H,2-5H2,1H3,(H,16,18). The molecular weight excluding hydrogens is 230 g/mol. The molecule has 1 amide bonds. The topological polar surface area (TPSA) is 72.2 Å². The van der Waals surface area contributed by atoms with Crippen molar-refractivity contribution in [2.45, 2.75) is 38.6 Å². The Kier molecular flexibility index (Phi) is 2.70. The smallest absolute Gasteiger partial charge is 0.254 e. The molecule has 1 aliphatic carbocycles. The Balaban J connectivity index is 1.88. The molecule has 6 heteroatoms. The van der Waals surface area contributed by atoms with Gasteiger partial charge in [0.1, 0.15) is 6.33 Å². The molecule has 1 aliphatic rings. The number of nitrogens with zero attached hydrogens (tertiary/aromatic N) is 4. The van der Waals surface area contributed by atoms with Crippen molar-refractivity contribution in [3.8, 4) is 0 Å². The average Bonchev–Trinajstić information content (AvgIpc) is 2.99. The molecule has 0 bridgehead atoms. The number of carbonyl (C=O) groups is 1. The molecule has 1 N–H and O–H groups in total. The van der Waals surface area contributed by atoms with E-state index in [1.54, 1.807) is 10.7 Å². The summed E-state index contributed by atoms with van der Waals surface area (Å²) < 4.78 is 1.59. The second kappa shape index (κ2) is 4.36. The molecule has 2 aromatic heterocycles. The van der Waals surface area contributed by atoms with Gasteiger partial charge < -0.3 is 5.32 Å². The van der Waals surface area contributed by atoms with E-state index in [9.17, 15) is 4.79 Å². The minimum absolute atomic E-state index is 0.0655. The van der Waals surface area contributed by atoms with Crippen molar-refractivity contribution in [3.63, 3.8) is 0 Å². The SMILES string of the molecule is Cc1c(C(=O)NC2CCCC2)cnc2ncnn12. The molecule has 6 nitrogen and oxygen atoms in total. The fourth-order valence-corrected chi connectivity index (χ4v) is 2.45. The third kappa shape index (κ3) is 1.83. The van der Waals surface area contributed by atoms with Crippen LogP contribution in [0.3, 0.4) is 0 Å². The first-order chi connectivity index (χ1) is 8.75. The zero-order valence-electron chi connectivity index (χ0n) is 10.3. The van der Waals surface area contributed by atoms with Crippen molar-refractivity contribution < 1.29 is 4.79 Å². The molecule has 3 rings (SSSR count). The summed E-state index contributed by atoms with van der Waals surface area (Å²) in [5.41, 5.74) is 1.34. The number of hydrogen-bond donors (Lipinski definition) is 1. The van der Waals surface area contributed by atoms with Gasteiger partial charge in [0.15, 0.2) is 0 Å². The lowest BCUT2D eigenvalue weighted by molar-refractivity contribution is 0.0936. The number of nitrogens with one attached hydrogen (secondary N) is 1. The van der Waals surface area contributed by atoms with E-state index in [4.69, 9.17) is 0 Å². The molecular formula is C12H15N5O. The fraction of sp³-hybridized carbons (Fsp3) is 0.500. The molecule has 1 saturated carbocycles. The molecule has 18 heavy (non-hydrogen) atoms. The first kappa shape index (κ1) is 11.1. The monoisotopic (exact) mass is 245 g/mol. The van der Waals surface area contributed by atoms with Crippen molar-refractivity contribution in [2.75, 3.05) is 0 Å². The van der Waals surface area contributed by atoms with E-state index < -0.39 is 0 Å². The van der Waals surface area contributed by atoms with E-state index in [-0.39, 0.29) is 5.91 Å². The van der Waals surface area contributed by atoms with Gasteiger partial charge in [-0.15, -0.1) is 0 Å². The number of fused-ring (bicyclic) bond motifs is 1. The van der Waals surface area contributed by atoms with Crippen molar-refractivity contribution in [3.05, 3.63) is 23.8 Å². The lowest BCUT2D eigenvalue weighted by atomic mass is 10.2. The van der Waals surface area contributed by atoms with Crippen LogP contribution in [0.15, 0.2) is 12.5 Å². The number of amides is 1. The molecule has 0 saturated heterocycles. The van der Waals surface area contributed by atoms with Crippen LogP contribution < -0.4 is 5.32 Å². The van der Waals surface area contributed by atoms with E-state index in [1.165, 1.54) is 19.2 Å². The van der Waals surface area contributed by atoms with Crippen LogP contribution in [0.1, 0.15) is 41.7 Å². The highest BCUT2D eigenvalue weighted by molar-refractivity contribution is 5.95. The fourth-order valence-electron chi connectivity index (χ4n) is 2.45. The van der Waals surface area contributed by atoms with Crippen LogP contribution in [-0.2, 0) is 0 Å². The Morgan fingerprint density at radius 1 is 1.39 bits per heavy atom. The van der Waals surface area contributed by atoms with Gasteiger partial charge in [0.2, 0.25) is 0 Å². The van der Waals surface area contributed by atoms with Gasteiger partial charge >= 0.3 is 0 Å². The van der Waals surface area contributed by atoms with Crippen LogP contribution in [0.4, 0.5) is 0 Å². The second-order valence-electron chi connectivity index (χ2n) is 4.68. The Morgan fingerprint density at radius 3 is 2.94 bits per heavy atom. The maximum atomic E-state index is 12.2. The van der Waals surface area contributed by atoms with Gasteiger partial charge in [-0.3, -0.25) is 4.79 Å². The highest BCUT2D eigenvalue weighted by Crippen LogP contribution is 2.18. The number of aryl methyl sites for hydroxylation is 1. The Morgan fingerprint density at radius 2 is 2.17 bits per heavy atom. The van der Waals surface area contributed by atoms with Gasteiger partial charge in [-0.05, 0) is 19.8 Å².